The van der Waals surface area contributed by atoms with Gasteiger partial charge in [-0.1, -0.05) is 42.0 Å². The number of rotatable bonds is 8. The Bertz CT molecular complexity index is 1040. The Morgan fingerprint density at radius 3 is 2.31 bits per heavy atom. The van der Waals surface area contributed by atoms with Gasteiger partial charge < -0.3 is 10.6 Å². The van der Waals surface area contributed by atoms with E-state index in [1.165, 1.54) is 4.31 Å². The summed E-state index contributed by atoms with van der Waals surface area (Å²) >= 11 is 0. The van der Waals surface area contributed by atoms with Crippen molar-refractivity contribution < 1.29 is 18.0 Å². The monoisotopic (exact) mass is 455 g/mol. The minimum absolute atomic E-state index is 0.183. The molecule has 0 unspecified atom stereocenters. The van der Waals surface area contributed by atoms with Gasteiger partial charge in [-0.05, 0) is 49.9 Å². The Kier molecular flexibility index (Phi) is 7.82. The Hall–Kier alpha value is -2.97. The van der Waals surface area contributed by atoms with Crippen molar-refractivity contribution in [2.75, 3.05) is 19.6 Å². The van der Waals surface area contributed by atoms with Crippen LogP contribution < -0.4 is 10.6 Å². The quantitative estimate of drug-likeness (QED) is 0.598. The van der Waals surface area contributed by atoms with E-state index in [1.807, 2.05) is 13.0 Å². The third kappa shape index (κ3) is 5.63. The molecule has 1 atom stereocenters. The number of piperidine rings is 1. The first-order valence-electron chi connectivity index (χ1n) is 10.6. The van der Waals surface area contributed by atoms with E-state index >= 15 is 0 Å². The van der Waals surface area contributed by atoms with Gasteiger partial charge in [0.05, 0.1) is 4.90 Å². The van der Waals surface area contributed by atoms with Crippen LogP contribution in [0.4, 0.5) is 0 Å². The number of nitrogens with zero attached hydrogens (tertiary/aromatic N) is 1. The number of sulfonamides is 1. The molecule has 7 nitrogen and oxygen atoms in total. The van der Waals surface area contributed by atoms with Gasteiger partial charge >= 0.3 is 0 Å². The molecule has 2 amide bonds. The highest BCUT2D eigenvalue weighted by atomic mass is 32.2. The second-order valence-corrected chi connectivity index (χ2v) is 9.84. The van der Waals surface area contributed by atoms with E-state index in [0.717, 1.165) is 5.56 Å². The van der Waals surface area contributed by atoms with Crippen molar-refractivity contribution in [2.24, 2.45) is 5.92 Å². The molecule has 0 aromatic heterocycles. The number of benzene rings is 2. The van der Waals surface area contributed by atoms with E-state index in [1.54, 1.807) is 54.6 Å². The SMILES string of the molecule is C=CCNC(=O)[C@@H](NC(=O)c1ccccc1)C1CCN(S(=O)(=O)c2ccc(C)cc2)CC1. The van der Waals surface area contributed by atoms with Crippen LogP contribution in [0, 0.1) is 12.8 Å². The Balaban J connectivity index is 1.71. The minimum Gasteiger partial charge on any atom is -0.351 e. The van der Waals surface area contributed by atoms with Gasteiger partial charge in [-0.15, -0.1) is 6.58 Å². The molecule has 8 heteroatoms. The molecule has 0 aliphatic carbocycles. The molecule has 1 aliphatic heterocycles. The van der Waals surface area contributed by atoms with Gasteiger partial charge in [0.15, 0.2) is 0 Å². The molecule has 2 N–H and O–H groups in total. The zero-order valence-corrected chi connectivity index (χ0v) is 19.0. The van der Waals surface area contributed by atoms with Crippen molar-refractivity contribution >= 4 is 21.8 Å². The largest absolute Gasteiger partial charge is 0.351 e. The summed E-state index contributed by atoms with van der Waals surface area (Å²) in [5.74, 6) is -0.815. The zero-order valence-electron chi connectivity index (χ0n) is 18.2. The maximum absolute atomic E-state index is 13.0. The Morgan fingerprint density at radius 1 is 1.09 bits per heavy atom. The molecule has 2 aromatic rings. The zero-order chi connectivity index (χ0) is 23.1. The maximum Gasteiger partial charge on any atom is 0.251 e. The van der Waals surface area contributed by atoms with E-state index < -0.39 is 16.1 Å². The van der Waals surface area contributed by atoms with Crippen LogP contribution in [0.3, 0.4) is 0 Å². The first-order chi connectivity index (χ1) is 15.3. The summed E-state index contributed by atoms with van der Waals surface area (Å²) in [4.78, 5) is 25.8. The molecule has 0 radical (unpaired) electrons. The van der Waals surface area contributed by atoms with Crippen LogP contribution in [0.2, 0.25) is 0 Å². The fourth-order valence-corrected chi connectivity index (χ4v) is 5.27. The molecule has 170 valence electrons. The number of carbonyl (C=O) groups excluding carboxylic acids is 2. The second-order valence-electron chi connectivity index (χ2n) is 7.91. The third-order valence-electron chi connectivity index (χ3n) is 5.65. The number of amides is 2. The lowest BCUT2D eigenvalue weighted by atomic mass is 9.89. The fraction of sp³-hybridized carbons (Fsp3) is 0.333. The normalized spacial score (nSPS) is 16.2. The van der Waals surface area contributed by atoms with Crippen LogP contribution in [0.1, 0.15) is 28.8 Å². The average Bonchev–Trinajstić information content (AvgIpc) is 2.81. The molecule has 0 saturated carbocycles. The number of carbonyl (C=O) groups is 2. The molecule has 1 heterocycles. The van der Waals surface area contributed by atoms with Crippen molar-refractivity contribution in [1.29, 1.82) is 0 Å². The molecule has 3 rings (SSSR count). The van der Waals surface area contributed by atoms with Gasteiger partial charge in [0.2, 0.25) is 15.9 Å². The van der Waals surface area contributed by atoms with E-state index in [4.69, 9.17) is 0 Å². The molecule has 1 aliphatic rings. The van der Waals surface area contributed by atoms with Crippen LogP contribution in [-0.2, 0) is 14.8 Å². The Labute approximate surface area is 189 Å². The number of hydrogen-bond acceptors (Lipinski definition) is 4. The molecule has 0 bridgehead atoms. The fourth-order valence-electron chi connectivity index (χ4n) is 3.80. The molecular weight excluding hydrogens is 426 g/mol. The number of hydrogen-bond donors (Lipinski definition) is 2. The molecular formula is C24H29N3O4S. The van der Waals surface area contributed by atoms with Gasteiger partial charge in [0.1, 0.15) is 6.04 Å². The van der Waals surface area contributed by atoms with Gasteiger partial charge in [0, 0.05) is 25.2 Å². The van der Waals surface area contributed by atoms with E-state index in [9.17, 15) is 18.0 Å². The molecule has 1 fully saturated rings. The van der Waals surface area contributed by atoms with Crippen molar-refractivity contribution in [3.8, 4) is 0 Å². The van der Waals surface area contributed by atoms with Crippen LogP contribution in [0.5, 0.6) is 0 Å². The number of nitrogens with one attached hydrogen (secondary N) is 2. The lowest BCUT2D eigenvalue weighted by molar-refractivity contribution is -0.124. The highest BCUT2D eigenvalue weighted by molar-refractivity contribution is 7.89. The summed E-state index contributed by atoms with van der Waals surface area (Å²) in [6.07, 6.45) is 2.50. The summed E-state index contributed by atoms with van der Waals surface area (Å²) in [5.41, 5.74) is 1.46. The maximum atomic E-state index is 13.0. The average molecular weight is 456 g/mol. The predicted octanol–water partition coefficient (Wildman–Crippen LogP) is 2.50. The van der Waals surface area contributed by atoms with Crippen LogP contribution in [0.25, 0.3) is 0 Å². The van der Waals surface area contributed by atoms with Gasteiger partial charge in [0.25, 0.3) is 5.91 Å². The highest BCUT2D eigenvalue weighted by Crippen LogP contribution is 2.26. The lowest BCUT2D eigenvalue weighted by Crippen LogP contribution is -2.53. The smallest absolute Gasteiger partial charge is 0.251 e. The predicted molar refractivity (Wildman–Crippen MR) is 124 cm³/mol. The van der Waals surface area contributed by atoms with E-state index in [0.29, 0.717) is 18.4 Å². The molecule has 32 heavy (non-hydrogen) atoms. The molecule has 2 aromatic carbocycles. The number of aryl methyl sites for hydroxylation is 1. The summed E-state index contributed by atoms with van der Waals surface area (Å²) in [6, 6.07) is 14.7. The minimum atomic E-state index is -3.60. The van der Waals surface area contributed by atoms with Gasteiger partial charge in [-0.25, -0.2) is 8.42 Å². The van der Waals surface area contributed by atoms with Crippen molar-refractivity contribution in [2.45, 2.75) is 30.7 Å². The summed E-state index contributed by atoms with van der Waals surface area (Å²) in [7, 11) is -3.60. The first kappa shape index (κ1) is 23.7. The summed E-state index contributed by atoms with van der Waals surface area (Å²) < 4.78 is 27.4. The third-order valence-corrected chi connectivity index (χ3v) is 7.57. The van der Waals surface area contributed by atoms with E-state index in [-0.39, 0.29) is 42.3 Å². The van der Waals surface area contributed by atoms with Crippen molar-refractivity contribution in [1.82, 2.24) is 14.9 Å². The van der Waals surface area contributed by atoms with Crippen LogP contribution in [-0.4, -0.2) is 50.2 Å². The first-order valence-corrected chi connectivity index (χ1v) is 12.1. The van der Waals surface area contributed by atoms with E-state index in [2.05, 4.69) is 17.2 Å². The van der Waals surface area contributed by atoms with Gasteiger partial charge in [-0.2, -0.15) is 4.31 Å². The highest BCUT2D eigenvalue weighted by Gasteiger charge is 2.36. The summed E-state index contributed by atoms with van der Waals surface area (Å²) in [5, 5.41) is 5.61. The lowest BCUT2D eigenvalue weighted by Gasteiger charge is -2.35. The van der Waals surface area contributed by atoms with Crippen molar-refractivity contribution in [3.05, 3.63) is 78.4 Å². The molecule has 0 spiro atoms. The second kappa shape index (κ2) is 10.6. The standard InChI is InChI=1S/C24H29N3O4S/c1-3-15-25-24(29)22(26-23(28)20-7-5-4-6-8-20)19-13-16-27(17-14-19)32(30,31)21-11-9-18(2)10-12-21/h3-12,19,22H,1,13-17H2,2H3,(H,25,29)(H,26,28)/t22-/m0/s1. The van der Waals surface area contributed by atoms with Gasteiger partial charge in [-0.3, -0.25) is 9.59 Å². The van der Waals surface area contributed by atoms with Crippen LogP contribution >= 0.6 is 0 Å². The Morgan fingerprint density at radius 2 is 1.72 bits per heavy atom. The molecule has 1 saturated heterocycles. The van der Waals surface area contributed by atoms with Crippen LogP contribution in [0.15, 0.2) is 72.1 Å². The van der Waals surface area contributed by atoms with Crippen molar-refractivity contribution in [3.63, 3.8) is 0 Å². The summed E-state index contributed by atoms with van der Waals surface area (Å²) in [6.45, 7) is 6.37. The topological polar surface area (TPSA) is 95.6 Å².